The lowest BCUT2D eigenvalue weighted by molar-refractivity contribution is -0.139. The fourth-order valence-electron chi connectivity index (χ4n) is 6.34. The van der Waals surface area contributed by atoms with E-state index in [4.69, 9.17) is 9.47 Å². The van der Waals surface area contributed by atoms with E-state index < -0.39 is 6.10 Å². The number of benzene rings is 1. The monoisotopic (exact) mass is 466 g/mol. The van der Waals surface area contributed by atoms with Crippen LogP contribution in [0.25, 0.3) is 0 Å². The molecule has 0 radical (unpaired) electrons. The maximum Gasteiger partial charge on any atom is 0.338 e. The summed E-state index contributed by atoms with van der Waals surface area (Å²) >= 11 is 0. The maximum atomic E-state index is 13.7. The number of amides is 1. The fourth-order valence-corrected chi connectivity index (χ4v) is 6.34. The maximum absolute atomic E-state index is 13.7. The Labute approximate surface area is 198 Å². The third-order valence-electron chi connectivity index (χ3n) is 8.54. The smallest absolute Gasteiger partial charge is 0.338 e. The number of β-amino-alcohol motifs (C(OH)–C–C–N with tert-alkyl or cyclic N) is 1. The molecule has 1 unspecified atom stereocenters. The van der Waals surface area contributed by atoms with Crippen molar-refractivity contribution in [3.05, 3.63) is 46.2 Å². The third kappa shape index (κ3) is 3.46. The Morgan fingerprint density at radius 3 is 2.56 bits per heavy atom. The first-order valence-electron chi connectivity index (χ1n) is 12.3. The van der Waals surface area contributed by atoms with E-state index in [1.807, 2.05) is 17.9 Å². The van der Waals surface area contributed by atoms with E-state index in [0.717, 1.165) is 67.6 Å². The number of rotatable bonds is 5. The Hall–Kier alpha value is -2.71. The summed E-state index contributed by atoms with van der Waals surface area (Å²) < 4.78 is 10.2. The molecule has 0 aromatic heterocycles. The molecule has 6 rings (SSSR count). The van der Waals surface area contributed by atoms with E-state index >= 15 is 0 Å². The van der Waals surface area contributed by atoms with Gasteiger partial charge in [-0.25, -0.2) is 9.59 Å². The predicted octanol–water partition coefficient (Wildman–Crippen LogP) is 2.23. The number of aliphatic hydroxyl groups is 1. The molecule has 1 aliphatic carbocycles. The van der Waals surface area contributed by atoms with Crippen molar-refractivity contribution in [2.45, 2.75) is 57.8 Å². The molecule has 5 aliphatic rings. The molecular formula is C26H30N2O6. The van der Waals surface area contributed by atoms with Crippen molar-refractivity contribution < 1.29 is 29.0 Å². The van der Waals surface area contributed by atoms with Crippen LogP contribution in [0.5, 0.6) is 0 Å². The lowest BCUT2D eigenvalue weighted by Gasteiger charge is -2.38. The second-order valence-corrected chi connectivity index (χ2v) is 10.5. The van der Waals surface area contributed by atoms with Crippen LogP contribution >= 0.6 is 0 Å². The summed E-state index contributed by atoms with van der Waals surface area (Å²) in [6.45, 7) is 4.37. The summed E-state index contributed by atoms with van der Waals surface area (Å²) in [5.41, 5.74) is 3.53. The number of fused-ring (bicyclic) bond motifs is 1. The molecule has 1 aromatic rings. The van der Waals surface area contributed by atoms with Crippen molar-refractivity contribution in [3.8, 4) is 0 Å². The second-order valence-electron chi connectivity index (χ2n) is 10.5. The molecule has 2 atom stereocenters. The van der Waals surface area contributed by atoms with Crippen molar-refractivity contribution in [3.63, 3.8) is 0 Å². The SMILES string of the molecule is Cc1c([C@H](O)CN2CCC3(CC2)CC(C2CC2)N(C2=CC(=O)OC2)C3=O)ccc2c1COC2=O. The van der Waals surface area contributed by atoms with Crippen LogP contribution in [0.3, 0.4) is 0 Å². The molecule has 8 heteroatoms. The van der Waals surface area contributed by atoms with Crippen LogP contribution in [0.2, 0.25) is 0 Å². The van der Waals surface area contributed by atoms with Crippen molar-refractivity contribution >= 4 is 17.8 Å². The van der Waals surface area contributed by atoms with Crippen LogP contribution in [0.15, 0.2) is 23.9 Å². The van der Waals surface area contributed by atoms with E-state index in [2.05, 4.69) is 4.90 Å². The van der Waals surface area contributed by atoms with E-state index in [1.54, 1.807) is 6.07 Å². The Kier molecular flexibility index (Phi) is 5.08. The van der Waals surface area contributed by atoms with Crippen LogP contribution in [0.1, 0.15) is 65.3 Å². The molecule has 1 N–H and O–H groups in total. The molecule has 1 amide bonds. The molecule has 34 heavy (non-hydrogen) atoms. The lowest BCUT2D eigenvalue weighted by Crippen LogP contribution is -2.45. The van der Waals surface area contributed by atoms with Crippen molar-refractivity contribution in [2.75, 3.05) is 26.2 Å². The van der Waals surface area contributed by atoms with Gasteiger partial charge in [-0.05, 0) is 75.2 Å². The molecule has 0 bridgehead atoms. The number of aliphatic hydroxyl groups excluding tert-OH is 1. The number of hydrogen-bond donors (Lipinski definition) is 1. The van der Waals surface area contributed by atoms with Gasteiger partial charge in [-0.15, -0.1) is 0 Å². The lowest BCUT2D eigenvalue weighted by atomic mass is 9.75. The molecule has 180 valence electrons. The molecule has 1 aromatic carbocycles. The van der Waals surface area contributed by atoms with Crippen molar-refractivity contribution in [1.29, 1.82) is 0 Å². The highest BCUT2D eigenvalue weighted by atomic mass is 16.5. The van der Waals surface area contributed by atoms with Gasteiger partial charge in [0, 0.05) is 24.2 Å². The van der Waals surface area contributed by atoms with E-state index in [-0.39, 0.29) is 42.5 Å². The van der Waals surface area contributed by atoms with Gasteiger partial charge in [-0.2, -0.15) is 0 Å². The minimum absolute atomic E-state index is 0.147. The molecule has 2 saturated heterocycles. The van der Waals surface area contributed by atoms with Gasteiger partial charge in [-0.3, -0.25) is 4.79 Å². The highest BCUT2D eigenvalue weighted by molar-refractivity contribution is 5.94. The first kappa shape index (κ1) is 21.8. The van der Waals surface area contributed by atoms with Gasteiger partial charge in [0.15, 0.2) is 0 Å². The number of cyclic esters (lactones) is 2. The Morgan fingerprint density at radius 2 is 1.88 bits per heavy atom. The number of piperidine rings is 1. The Morgan fingerprint density at radius 1 is 1.12 bits per heavy atom. The summed E-state index contributed by atoms with van der Waals surface area (Å²) in [7, 11) is 0. The zero-order valence-corrected chi connectivity index (χ0v) is 19.4. The highest BCUT2D eigenvalue weighted by Crippen LogP contribution is 2.52. The number of ether oxygens (including phenoxy) is 2. The Balaban J connectivity index is 1.14. The molecule has 1 saturated carbocycles. The van der Waals surface area contributed by atoms with Gasteiger partial charge in [0.25, 0.3) is 0 Å². The van der Waals surface area contributed by atoms with Gasteiger partial charge in [-0.1, -0.05) is 6.07 Å². The standard InChI is InChI=1S/C26H30N2O6/c1-15-18(4-5-19-20(15)14-34-24(19)31)22(29)12-27-8-6-26(7-9-27)11-21(16-2-3-16)28(25(26)32)17-10-23(30)33-13-17/h4-5,10,16,21-22,29H,2-3,6-9,11-14H2,1H3/t21?,22-/m1/s1. The van der Waals surface area contributed by atoms with Crippen LogP contribution in [-0.2, 0) is 25.7 Å². The first-order chi connectivity index (χ1) is 16.4. The molecule has 3 fully saturated rings. The second kappa shape index (κ2) is 7.92. The third-order valence-corrected chi connectivity index (χ3v) is 8.54. The zero-order chi connectivity index (χ0) is 23.6. The number of nitrogens with zero attached hydrogens (tertiary/aromatic N) is 2. The number of carbonyl (C=O) groups is 3. The highest BCUT2D eigenvalue weighted by Gasteiger charge is 2.57. The average molecular weight is 467 g/mol. The van der Waals surface area contributed by atoms with E-state index in [9.17, 15) is 19.5 Å². The van der Waals surface area contributed by atoms with E-state index in [0.29, 0.717) is 18.0 Å². The molecule has 8 nitrogen and oxygen atoms in total. The summed E-state index contributed by atoms with van der Waals surface area (Å²) in [6.07, 6.45) is 5.45. The summed E-state index contributed by atoms with van der Waals surface area (Å²) in [6, 6.07) is 3.75. The molecule has 4 heterocycles. The largest absolute Gasteiger partial charge is 0.457 e. The average Bonchev–Trinajstić information content (AvgIpc) is 3.38. The number of esters is 2. The quantitative estimate of drug-likeness (QED) is 0.665. The summed E-state index contributed by atoms with van der Waals surface area (Å²) in [5, 5.41) is 11.0. The molecule has 4 aliphatic heterocycles. The molecule has 1 spiro atoms. The van der Waals surface area contributed by atoms with Gasteiger partial charge in [0.05, 0.1) is 22.8 Å². The van der Waals surface area contributed by atoms with Crippen LogP contribution in [-0.4, -0.2) is 65.0 Å². The number of carbonyl (C=O) groups excluding carboxylic acids is 3. The van der Waals surface area contributed by atoms with Gasteiger partial charge in [0.2, 0.25) is 5.91 Å². The number of hydrogen-bond acceptors (Lipinski definition) is 7. The van der Waals surface area contributed by atoms with Gasteiger partial charge in [0.1, 0.15) is 13.2 Å². The van der Waals surface area contributed by atoms with Crippen LogP contribution in [0.4, 0.5) is 0 Å². The van der Waals surface area contributed by atoms with Crippen molar-refractivity contribution in [2.24, 2.45) is 11.3 Å². The number of likely N-dealkylation sites (tertiary alicyclic amines) is 2. The Bertz CT molecular complexity index is 1100. The topological polar surface area (TPSA) is 96.4 Å². The van der Waals surface area contributed by atoms with E-state index in [1.165, 1.54) is 6.08 Å². The van der Waals surface area contributed by atoms with Crippen LogP contribution in [0, 0.1) is 18.3 Å². The summed E-state index contributed by atoms with van der Waals surface area (Å²) in [4.78, 5) is 41.2. The minimum Gasteiger partial charge on any atom is -0.457 e. The summed E-state index contributed by atoms with van der Waals surface area (Å²) in [5.74, 6) is 0.0103. The van der Waals surface area contributed by atoms with Gasteiger partial charge < -0.3 is 24.4 Å². The minimum atomic E-state index is -0.670. The first-order valence-corrected chi connectivity index (χ1v) is 12.3. The van der Waals surface area contributed by atoms with Crippen molar-refractivity contribution in [1.82, 2.24) is 9.80 Å². The predicted molar refractivity (Wildman–Crippen MR) is 120 cm³/mol. The fraction of sp³-hybridized carbons (Fsp3) is 0.577. The van der Waals surface area contributed by atoms with Crippen LogP contribution < -0.4 is 0 Å². The molecular weight excluding hydrogens is 436 g/mol. The normalized spacial score (nSPS) is 27.1. The zero-order valence-electron chi connectivity index (χ0n) is 19.4. The van der Waals surface area contributed by atoms with Gasteiger partial charge >= 0.3 is 11.9 Å².